The molecule has 4 nitrogen and oxygen atoms in total. The van der Waals surface area contributed by atoms with Gasteiger partial charge in [-0.05, 0) is 66.8 Å². The van der Waals surface area contributed by atoms with Crippen LogP contribution in [0.2, 0.25) is 0 Å². The number of nitrogens with one attached hydrogen (secondary N) is 1. The number of rotatable bonds is 5. The first-order valence-corrected chi connectivity index (χ1v) is 12.7. The van der Waals surface area contributed by atoms with E-state index in [0.29, 0.717) is 0 Å². The van der Waals surface area contributed by atoms with E-state index in [-0.39, 0.29) is 12.1 Å². The number of benzene rings is 3. The zero-order chi connectivity index (χ0) is 24.6. The topological polar surface area (TPSA) is 33.1 Å². The lowest BCUT2D eigenvalue weighted by Crippen LogP contribution is -2.29. The fourth-order valence-electron chi connectivity index (χ4n) is 5.56. The first-order chi connectivity index (χ1) is 17.6. The Morgan fingerprint density at radius 1 is 0.861 bits per heavy atom. The molecule has 0 radical (unpaired) electrons. The number of pyridine rings is 1. The number of nitrogens with zero attached hydrogens (tertiary/aromatic N) is 3. The third-order valence-electron chi connectivity index (χ3n) is 7.19. The second-order valence-corrected chi connectivity index (χ2v) is 9.79. The van der Waals surface area contributed by atoms with Gasteiger partial charge in [0.05, 0.1) is 23.5 Å². The highest BCUT2D eigenvalue weighted by Crippen LogP contribution is 2.42. The highest BCUT2D eigenvalue weighted by molar-refractivity contribution is 7.80. The number of fused-ring (bicyclic) bond motifs is 1. The van der Waals surface area contributed by atoms with E-state index < -0.39 is 0 Å². The highest BCUT2D eigenvalue weighted by Gasteiger charge is 2.41. The molecule has 5 heteroatoms. The molecule has 0 unspecified atom stereocenters. The van der Waals surface area contributed by atoms with Crippen LogP contribution in [0.1, 0.15) is 40.3 Å². The molecule has 1 aliphatic heterocycles. The zero-order valence-electron chi connectivity index (χ0n) is 20.4. The van der Waals surface area contributed by atoms with Crippen molar-refractivity contribution in [3.63, 3.8) is 0 Å². The van der Waals surface area contributed by atoms with Crippen LogP contribution in [-0.4, -0.2) is 19.6 Å². The predicted octanol–water partition coefficient (Wildman–Crippen LogP) is 6.82. The van der Waals surface area contributed by atoms with Gasteiger partial charge in [0.25, 0.3) is 0 Å². The summed E-state index contributed by atoms with van der Waals surface area (Å²) >= 11 is 5.91. The molecule has 1 N–H and O–H groups in total. The molecule has 6 rings (SSSR count). The van der Waals surface area contributed by atoms with E-state index in [2.05, 4.69) is 114 Å². The van der Waals surface area contributed by atoms with Crippen molar-refractivity contribution in [1.29, 1.82) is 0 Å². The molecule has 0 amide bonds. The molecule has 5 aromatic rings. The van der Waals surface area contributed by atoms with Crippen LogP contribution in [0.4, 0.5) is 0 Å². The van der Waals surface area contributed by atoms with Crippen LogP contribution < -0.4 is 5.32 Å². The van der Waals surface area contributed by atoms with Gasteiger partial charge < -0.3 is 14.8 Å². The normalized spacial score (nSPS) is 17.5. The molecular weight excluding hydrogens is 460 g/mol. The van der Waals surface area contributed by atoms with Crippen molar-refractivity contribution in [1.82, 2.24) is 19.8 Å². The summed E-state index contributed by atoms with van der Waals surface area (Å²) in [6, 6.07) is 34.0. The van der Waals surface area contributed by atoms with Gasteiger partial charge in [0.1, 0.15) is 0 Å². The Bertz CT molecular complexity index is 1540. The van der Waals surface area contributed by atoms with Crippen LogP contribution in [0.3, 0.4) is 0 Å². The van der Waals surface area contributed by atoms with Crippen molar-refractivity contribution in [3.8, 4) is 5.69 Å². The lowest BCUT2D eigenvalue weighted by molar-refractivity contribution is 0.310. The molecule has 1 fully saturated rings. The summed E-state index contributed by atoms with van der Waals surface area (Å²) < 4.78 is 2.38. The van der Waals surface area contributed by atoms with Crippen LogP contribution in [0.5, 0.6) is 0 Å². The average molecular weight is 489 g/mol. The molecular formula is C31H28N4S. The molecule has 2 atom stereocenters. The second kappa shape index (κ2) is 9.25. The smallest absolute Gasteiger partial charge is 0.170 e. The van der Waals surface area contributed by atoms with Gasteiger partial charge >= 0.3 is 0 Å². The van der Waals surface area contributed by atoms with E-state index in [4.69, 9.17) is 17.2 Å². The number of aryl methyl sites for hydroxylation is 1. The maximum atomic E-state index is 5.91. The van der Waals surface area contributed by atoms with Gasteiger partial charge in [-0.15, -0.1) is 0 Å². The van der Waals surface area contributed by atoms with Gasteiger partial charge in [-0.1, -0.05) is 72.8 Å². The molecule has 0 saturated carbocycles. The number of aromatic nitrogens is 2. The van der Waals surface area contributed by atoms with E-state index >= 15 is 0 Å². The second-order valence-electron chi connectivity index (χ2n) is 9.40. The highest BCUT2D eigenvalue weighted by atomic mass is 32.1. The van der Waals surface area contributed by atoms with E-state index in [0.717, 1.165) is 17.4 Å². The van der Waals surface area contributed by atoms with E-state index in [1.807, 2.05) is 18.3 Å². The summed E-state index contributed by atoms with van der Waals surface area (Å²) in [4.78, 5) is 7.03. The van der Waals surface area contributed by atoms with Crippen molar-refractivity contribution in [2.75, 3.05) is 0 Å². The van der Waals surface area contributed by atoms with Gasteiger partial charge in [0, 0.05) is 29.5 Å². The number of hydrogen-bond donors (Lipinski definition) is 1. The molecule has 1 aliphatic rings. The Hall–Kier alpha value is -3.96. The molecule has 36 heavy (non-hydrogen) atoms. The fourth-order valence-corrected chi connectivity index (χ4v) is 5.86. The van der Waals surface area contributed by atoms with Crippen LogP contribution in [0.15, 0.2) is 103 Å². The lowest BCUT2D eigenvalue weighted by Gasteiger charge is -2.28. The first-order valence-electron chi connectivity index (χ1n) is 12.3. The minimum absolute atomic E-state index is 0.0162. The maximum Gasteiger partial charge on any atom is 0.170 e. The number of hydrogen-bond acceptors (Lipinski definition) is 2. The Labute approximate surface area is 217 Å². The quantitative estimate of drug-likeness (QED) is 0.275. The molecule has 1 saturated heterocycles. The SMILES string of the molecule is Cc1cc([C@@H]2[C@@H](c3ccccn3)NC(=S)N2Cc2ccccc2)c(C)n1-c1cccc2ccccc12. The Morgan fingerprint density at radius 3 is 2.42 bits per heavy atom. The van der Waals surface area contributed by atoms with Crippen LogP contribution in [0.25, 0.3) is 16.5 Å². The Balaban J connectivity index is 1.50. The average Bonchev–Trinajstić information content (AvgIpc) is 3.39. The van der Waals surface area contributed by atoms with Crippen molar-refractivity contribution in [3.05, 3.63) is 131 Å². The van der Waals surface area contributed by atoms with Crippen molar-refractivity contribution in [2.45, 2.75) is 32.5 Å². The largest absolute Gasteiger partial charge is 0.352 e. The fraction of sp³-hybridized carbons (Fsp3) is 0.161. The van der Waals surface area contributed by atoms with Gasteiger partial charge in [-0.2, -0.15) is 0 Å². The van der Waals surface area contributed by atoms with Gasteiger partial charge in [-0.3, -0.25) is 4.98 Å². The third kappa shape index (κ3) is 3.86. The lowest BCUT2D eigenvalue weighted by atomic mass is 9.96. The van der Waals surface area contributed by atoms with Crippen molar-refractivity contribution in [2.24, 2.45) is 0 Å². The zero-order valence-corrected chi connectivity index (χ0v) is 21.2. The Morgan fingerprint density at radius 2 is 1.61 bits per heavy atom. The molecule has 0 spiro atoms. The van der Waals surface area contributed by atoms with Crippen molar-refractivity contribution >= 4 is 28.1 Å². The van der Waals surface area contributed by atoms with Crippen molar-refractivity contribution < 1.29 is 0 Å². The van der Waals surface area contributed by atoms with E-state index in [1.165, 1.54) is 39.0 Å². The van der Waals surface area contributed by atoms with Gasteiger partial charge in [0.2, 0.25) is 0 Å². The monoisotopic (exact) mass is 488 g/mol. The minimum Gasteiger partial charge on any atom is -0.352 e. The predicted molar refractivity (Wildman–Crippen MR) is 150 cm³/mol. The molecule has 0 bridgehead atoms. The van der Waals surface area contributed by atoms with Gasteiger partial charge in [0.15, 0.2) is 5.11 Å². The van der Waals surface area contributed by atoms with Crippen LogP contribution in [-0.2, 0) is 6.54 Å². The molecule has 3 heterocycles. The minimum atomic E-state index is -0.0381. The summed E-state index contributed by atoms with van der Waals surface area (Å²) in [5.74, 6) is 0. The van der Waals surface area contributed by atoms with Crippen LogP contribution >= 0.6 is 12.2 Å². The number of thiocarbonyl (C=S) groups is 1. The molecule has 3 aromatic carbocycles. The molecule has 2 aromatic heterocycles. The third-order valence-corrected chi connectivity index (χ3v) is 7.54. The van der Waals surface area contributed by atoms with Crippen LogP contribution in [0, 0.1) is 13.8 Å². The summed E-state index contributed by atoms with van der Waals surface area (Å²) in [7, 11) is 0. The molecule has 178 valence electrons. The van der Waals surface area contributed by atoms with E-state index in [9.17, 15) is 0 Å². The summed E-state index contributed by atoms with van der Waals surface area (Å²) in [5, 5.41) is 6.85. The molecule has 0 aliphatic carbocycles. The first kappa shape index (κ1) is 22.5. The van der Waals surface area contributed by atoms with E-state index in [1.54, 1.807) is 0 Å². The Kier molecular flexibility index (Phi) is 5.78. The maximum absolute atomic E-state index is 5.91. The summed E-state index contributed by atoms with van der Waals surface area (Å²) in [5.41, 5.74) is 7.12. The summed E-state index contributed by atoms with van der Waals surface area (Å²) in [6.45, 7) is 5.15. The summed E-state index contributed by atoms with van der Waals surface area (Å²) in [6.07, 6.45) is 1.86. The standard InChI is InChI=1S/C31H28N4S/c1-21-19-26(22(2)35(21)28-17-10-14-24-13-6-7-15-25(24)28)30-29(27-16-8-9-18-32-27)33-31(36)34(30)20-23-11-4-3-5-12-23/h3-19,29-30H,20H2,1-2H3,(H,33,36)/t29-,30-/m1/s1. The van der Waals surface area contributed by atoms with Gasteiger partial charge in [-0.25, -0.2) is 0 Å².